The number of halogens is 5. The third-order valence-electron chi connectivity index (χ3n) is 13.1. The highest BCUT2D eigenvalue weighted by molar-refractivity contribution is 6.31. The van der Waals surface area contributed by atoms with Crippen molar-refractivity contribution >= 4 is 87.6 Å². The third-order valence-corrected chi connectivity index (χ3v) is 14.4. The fourth-order valence-electron chi connectivity index (χ4n) is 6.70. The standard InChI is InChI=1S/C12H15ClO.C12H13ClO.C11H11ClO3.C11H11ClO2.C11H13ClO/c2*1-4-12(3,9(2)14)10-5-7-11(13)8-6-10;1-11(9(13)6-15-10(11)14)7-2-4-8(12)5-3-7;1-8(14)11(2,7-13)9-3-5-10(12)6-4-9;1-3-11(2,8-13)9-4-6-10(12)7-5-9/h5-8H,4H2,1-3H3;4-8H,1H2,2-3H3;2-5,9,13H,6H2,1H3;3-7H,1-2H3;3-7,13H,1,8H2,2H3/t2*12-;9?,11-;2*11-/m11111/s1. The lowest BCUT2D eigenvalue weighted by Crippen LogP contribution is -2.38. The van der Waals surface area contributed by atoms with Crippen LogP contribution in [0, 0.1) is 0 Å². The molecule has 1 aliphatic heterocycles. The number of allylic oxidation sites excluding steroid dienone is 1. The molecule has 1 fully saturated rings. The van der Waals surface area contributed by atoms with Crippen LogP contribution < -0.4 is 0 Å². The van der Waals surface area contributed by atoms with Crippen molar-refractivity contribution in [3.8, 4) is 0 Å². The average molecular weight is 1050 g/mol. The minimum atomic E-state index is -1.05. The fraction of sp³-hybridized carbons (Fsp3) is 0.316. The minimum absolute atomic E-state index is 0.0535. The highest BCUT2D eigenvalue weighted by atomic mass is 35.5. The van der Waals surface area contributed by atoms with Gasteiger partial charge in [0.1, 0.15) is 47.2 Å². The van der Waals surface area contributed by atoms with Crippen LogP contribution in [0.4, 0.5) is 0 Å². The predicted molar refractivity (Wildman–Crippen MR) is 287 cm³/mol. The van der Waals surface area contributed by atoms with E-state index in [2.05, 4.69) is 13.2 Å². The van der Waals surface area contributed by atoms with Crippen LogP contribution in [-0.2, 0) is 55.8 Å². The quantitative estimate of drug-likeness (QED) is 0.0515. The summed E-state index contributed by atoms with van der Waals surface area (Å²) in [5.74, 6) is -0.288. The first-order valence-corrected chi connectivity index (χ1v) is 24.1. The zero-order chi connectivity index (χ0) is 53.3. The number of hydrogen-bond donors (Lipinski definition) is 2. The second-order valence-corrected chi connectivity index (χ2v) is 19.9. The number of aldehydes is 1. The summed E-state index contributed by atoms with van der Waals surface area (Å²) >= 11 is 28.8. The van der Waals surface area contributed by atoms with Gasteiger partial charge in [0, 0.05) is 30.5 Å². The Morgan fingerprint density at radius 3 is 1.23 bits per heavy atom. The first-order valence-electron chi connectivity index (χ1n) is 22.2. The van der Waals surface area contributed by atoms with Gasteiger partial charge in [-0.2, -0.15) is 0 Å². The van der Waals surface area contributed by atoms with Crippen molar-refractivity contribution in [2.45, 2.75) is 102 Å². The Kier molecular flexibility index (Phi) is 23.7. The molecular formula is C57H63Cl5O8. The number of hydrogen-bond acceptors (Lipinski definition) is 8. The van der Waals surface area contributed by atoms with Gasteiger partial charge in [0.05, 0.1) is 17.4 Å². The van der Waals surface area contributed by atoms with E-state index in [0.29, 0.717) is 37.0 Å². The summed E-state index contributed by atoms with van der Waals surface area (Å²) in [6, 6.07) is 35.8. The Balaban J connectivity index is 0.000000300. The molecule has 8 nitrogen and oxygen atoms in total. The highest BCUT2D eigenvalue weighted by Gasteiger charge is 2.49. The van der Waals surface area contributed by atoms with Gasteiger partial charge in [-0.25, -0.2) is 0 Å². The zero-order valence-corrected chi connectivity index (χ0v) is 44.9. The number of aliphatic hydroxyl groups is 2. The number of ether oxygens (including phenoxy) is 1. The van der Waals surface area contributed by atoms with Crippen LogP contribution >= 0.6 is 58.0 Å². The van der Waals surface area contributed by atoms with Crippen molar-refractivity contribution in [3.05, 3.63) is 200 Å². The largest absolute Gasteiger partial charge is 0.462 e. The van der Waals surface area contributed by atoms with Gasteiger partial charge in [-0.1, -0.05) is 138 Å². The van der Waals surface area contributed by atoms with Crippen LogP contribution in [0.5, 0.6) is 0 Å². The maximum atomic E-state index is 11.6. The van der Waals surface area contributed by atoms with Crippen LogP contribution in [0.2, 0.25) is 25.1 Å². The first kappa shape index (κ1) is 61.2. The van der Waals surface area contributed by atoms with Crippen molar-refractivity contribution < 1.29 is 38.9 Å². The summed E-state index contributed by atoms with van der Waals surface area (Å²) in [6.07, 6.45) is 4.09. The van der Waals surface area contributed by atoms with E-state index in [1.54, 1.807) is 101 Å². The number of benzene rings is 5. The number of carbonyl (C=O) groups is 5. The van der Waals surface area contributed by atoms with Crippen molar-refractivity contribution in [1.82, 2.24) is 0 Å². The Morgan fingerprint density at radius 1 is 0.614 bits per heavy atom. The van der Waals surface area contributed by atoms with Gasteiger partial charge < -0.3 is 19.7 Å². The normalized spacial score (nSPS) is 18.1. The molecule has 1 saturated heterocycles. The van der Waals surface area contributed by atoms with Crippen LogP contribution in [0.1, 0.15) is 96.6 Å². The van der Waals surface area contributed by atoms with E-state index in [-0.39, 0.29) is 41.4 Å². The molecule has 0 bridgehead atoms. The van der Waals surface area contributed by atoms with E-state index >= 15 is 0 Å². The monoisotopic (exact) mass is 1050 g/mol. The lowest BCUT2D eigenvalue weighted by atomic mass is 9.77. The molecular weight excluding hydrogens is 990 g/mol. The van der Waals surface area contributed by atoms with Crippen LogP contribution in [-0.4, -0.2) is 59.1 Å². The van der Waals surface area contributed by atoms with Crippen molar-refractivity contribution in [2.75, 3.05) is 13.2 Å². The zero-order valence-electron chi connectivity index (χ0n) is 41.1. The number of aliphatic hydroxyl groups excluding tert-OH is 2. The lowest BCUT2D eigenvalue weighted by molar-refractivity contribution is -0.142. The van der Waals surface area contributed by atoms with E-state index in [4.69, 9.17) is 62.7 Å². The number of carbonyl (C=O) groups excluding carboxylic acids is 5. The van der Waals surface area contributed by atoms with Gasteiger partial charge >= 0.3 is 5.97 Å². The summed E-state index contributed by atoms with van der Waals surface area (Å²) in [6.45, 7) is 23.2. The van der Waals surface area contributed by atoms with Gasteiger partial charge in [0.2, 0.25) is 0 Å². The molecule has 0 spiro atoms. The lowest BCUT2D eigenvalue weighted by Gasteiger charge is -2.25. The number of cyclic esters (lactones) is 1. The summed E-state index contributed by atoms with van der Waals surface area (Å²) in [5.41, 5.74) is 1.01. The summed E-state index contributed by atoms with van der Waals surface area (Å²) in [5, 5.41) is 22.2. The molecule has 1 aliphatic rings. The number of rotatable bonds is 13. The molecule has 2 N–H and O–H groups in total. The molecule has 0 aromatic heterocycles. The summed E-state index contributed by atoms with van der Waals surface area (Å²) in [7, 11) is 0. The number of Topliss-reactive ketones (excluding diaryl/α,β-unsaturated/α-hetero) is 3. The van der Waals surface area contributed by atoms with Crippen molar-refractivity contribution in [3.63, 3.8) is 0 Å². The molecule has 1 heterocycles. The number of ketones is 3. The molecule has 374 valence electrons. The fourth-order valence-corrected chi connectivity index (χ4v) is 7.33. The number of esters is 1. The minimum Gasteiger partial charge on any atom is -0.462 e. The second-order valence-electron chi connectivity index (χ2n) is 17.7. The second kappa shape index (κ2) is 27.1. The molecule has 1 unspecified atom stereocenters. The van der Waals surface area contributed by atoms with E-state index in [1.807, 2.05) is 88.4 Å². The van der Waals surface area contributed by atoms with Crippen molar-refractivity contribution in [1.29, 1.82) is 0 Å². The van der Waals surface area contributed by atoms with E-state index in [1.165, 1.54) is 6.92 Å². The van der Waals surface area contributed by atoms with Gasteiger partial charge in [0.25, 0.3) is 0 Å². The van der Waals surface area contributed by atoms with E-state index in [0.717, 1.165) is 28.7 Å². The Bertz CT molecular complexity index is 2470. The summed E-state index contributed by atoms with van der Waals surface area (Å²) in [4.78, 5) is 56.8. The molecule has 0 aliphatic carbocycles. The molecule has 5 aromatic carbocycles. The average Bonchev–Trinajstić information content (AvgIpc) is 3.62. The SMILES string of the molecule is C=C[C@](C)(C(C)=O)c1ccc(Cl)cc1.C=C[C@](C)(CO)c1ccc(Cl)cc1.CC(=O)[C@@](C)(C=O)c1ccc(Cl)cc1.CC[C@](C)(C(C)=O)c1ccc(Cl)cc1.C[C@]1(c2ccc(Cl)cc2)C(=O)OCC1O. The Labute approximate surface area is 438 Å². The molecule has 0 radical (unpaired) electrons. The molecule has 0 amide bonds. The first-order chi connectivity index (χ1) is 32.7. The van der Waals surface area contributed by atoms with E-state index in [9.17, 15) is 34.2 Å². The van der Waals surface area contributed by atoms with Gasteiger partial charge in [0.15, 0.2) is 0 Å². The van der Waals surface area contributed by atoms with Gasteiger partial charge in [-0.3, -0.25) is 19.2 Å². The van der Waals surface area contributed by atoms with Gasteiger partial charge in [-0.15, -0.1) is 13.2 Å². The van der Waals surface area contributed by atoms with E-state index < -0.39 is 28.3 Å². The molecule has 6 rings (SSSR count). The maximum absolute atomic E-state index is 11.6. The van der Waals surface area contributed by atoms with Crippen LogP contribution in [0.25, 0.3) is 0 Å². The van der Waals surface area contributed by atoms with Gasteiger partial charge in [-0.05, 0) is 150 Å². The van der Waals surface area contributed by atoms with Crippen LogP contribution in [0.3, 0.4) is 0 Å². The molecule has 5 aromatic rings. The topological polar surface area (TPSA) is 135 Å². The molecule has 0 saturated carbocycles. The maximum Gasteiger partial charge on any atom is 0.319 e. The Morgan fingerprint density at radius 2 is 0.957 bits per heavy atom. The predicted octanol–water partition coefficient (Wildman–Crippen LogP) is 13.6. The molecule has 13 heteroatoms. The summed E-state index contributed by atoms with van der Waals surface area (Å²) < 4.78 is 4.84. The molecule has 6 atom stereocenters. The Hall–Kier alpha value is -4.90. The van der Waals surface area contributed by atoms with Crippen molar-refractivity contribution in [2.24, 2.45) is 0 Å². The molecule has 70 heavy (non-hydrogen) atoms. The van der Waals surface area contributed by atoms with Crippen LogP contribution in [0.15, 0.2) is 147 Å². The smallest absolute Gasteiger partial charge is 0.319 e. The third kappa shape index (κ3) is 15.5. The highest BCUT2D eigenvalue weighted by Crippen LogP contribution is 2.35.